The molecule has 0 radical (unpaired) electrons. The monoisotopic (exact) mass is 350 g/mol. The Morgan fingerprint density at radius 2 is 2.09 bits per heavy atom. The van der Waals surface area contributed by atoms with Crippen LogP contribution in [-0.2, 0) is 11.2 Å². The van der Waals surface area contributed by atoms with E-state index in [4.69, 9.17) is 17.0 Å². The van der Waals surface area contributed by atoms with Crippen LogP contribution >= 0.6 is 23.6 Å². The van der Waals surface area contributed by atoms with Crippen LogP contribution in [0.15, 0.2) is 24.3 Å². The van der Waals surface area contributed by atoms with Crippen molar-refractivity contribution < 1.29 is 14.6 Å². The molecule has 0 aliphatic rings. The van der Waals surface area contributed by atoms with Gasteiger partial charge in [0.05, 0.1) is 12.7 Å². The normalized spacial score (nSPS) is 10.2. The van der Waals surface area contributed by atoms with Crippen LogP contribution in [-0.4, -0.2) is 23.3 Å². The van der Waals surface area contributed by atoms with E-state index in [1.54, 1.807) is 18.2 Å². The maximum atomic E-state index is 11.8. The van der Waals surface area contributed by atoms with Gasteiger partial charge in [0.15, 0.2) is 5.11 Å². The van der Waals surface area contributed by atoms with Gasteiger partial charge < -0.3 is 20.5 Å². The third-order valence-corrected chi connectivity index (χ3v) is 4.62. The molecule has 2 aromatic rings. The zero-order valence-corrected chi connectivity index (χ0v) is 14.7. The van der Waals surface area contributed by atoms with E-state index in [1.165, 1.54) is 18.4 Å². The molecule has 0 bridgehead atoms. The molecule has 23 heavy (non-hydrogen) atoms. The summed E-state index contributed by atoms with van der Waals surface area (Å²) in [5.74, 6) is -0.196. The number of rotatable bonds is 4. The summed E-state index contributed by atoms with van der Waals surface area (Å²) in [6.07, 6.45) is 0.827. The first-order chi connectivity index (χ1) is 10.9. The van der Waals surface area contributed by atoms with Crippen molar-refractivity contribution >= 4 is 45.3 Å². The van der Waals surface area contributed by atoms with Gasteiger partial charge in [-0.2, -0.15) is 0 Å². The number of benzene rings is 1. The summed E-state index contributed by atoms with van der Waals surface area (Å²) in [6.45, 7) is 3.89. The number of phenolic OH excluding ortho intramolecular Hbond substituents is 1. The number of carbonyl (C=O) groups excluding carboxylic acids is 1. The molecule has 7 heteroatoms. The highest BCUT2D eigenvalue weighted by Crippen LogP contribution is 2.29. The second kappa shape index (κ2) is 7.43. The van der Waals surface area contributed by atoms with Gasteiger partial charge in [0.1, 0.15) is 10.8 Å². The van der Waals surface area contributed by atoms with Crippen LogP contribution in [0.5, 0.6) is 5.75 Å². The third-order valence-electron chi connectivity index (χ3n) is 3.22. The summed E-state index contributed by atoms with van der Waals surface area (Å²) in [4.78, 5) is 12.9. The number of esters is 1. The minimum Gasteiger partial charge on any atom is -0.508 e. The quantitative estimate of drug-likeness (QED) is 0.441. The molecule has 0 unspecified atom stereocenters. The zero-order valence-electron chi connectivity index (χ0n) is 13.1. The predicted octanol–water partition coefficient (Wildman–Crippen LogP) is 3.92. The van der Waals surface area contributed by atoms with Crippen LogP contribution in [0.2, 0.25) is 0 Å². The van der Waals surface area contributed by atoms with Crippen molar-refractivity contribution in [3.8, 4) is 5.75 Å². The summed E-state index contributed by atoms with van der Waals surface area (Å²) < 4.78 is 4.80. The standard InChI is InChI=1S/C16H18N2O3S2/c1-4-11-8-12(15(20)21-3)14(23-11)18-16(22)17-13-6-5-10(19)7-9(13)2/h5-8,19H,4H2,1-3H3,(H2,17,18,22). The molecule has 0 atom stereocenters. The molecule has 0 spiro atoms. The minimum atomic E-state index is -0.396. The van der Waals surface area contributed by atoms with Crippen molar-refractivity contribution in [3.05, 3.63) is 40.3 Å². The number of carbonyl (C=O) groups is 1. The Morgan fingerprint density at radius 1 is 1.35 bits per heavy atom. The third kappa shape index (κ3) is 4.20. The molecule has 0 aliphatic carbocycles. The fourth-order valence-electron chi connectivity index (χ4n) is 2.02. The number of nitrogens with one attached hydrogen (secondary N) is 2. The number of hydrogen-bond donors (Lipinski definition) is 3. The van der Waals surface area contributed by atoms with Crippen molar-refractivity contribution in [2.75, 3.05) is 17.7 Å². The molecule has 0 saturated heterocycles. The molecule has 2 rings (SSSR count). The predicted molar refractivity (Wildman–Crippen MR) is 97.7 cm³/mol. The van der Waals surface area contributed by atoms with Crippen molar-refractivity contribution in [1.29, 1.82) is 0 Å². The lowest BCUT2D eigenvalue weighted by atomic mass is 10.2. The van der Waals surface area contributed by atoms with E-state index in [0.717, 1.165) is 22.5 Å². The Hall–Kier alpha value is -2.12. The Bertz CT molecular complexity index is 741. The number of anilines is 2. The van der Waals surface area contributed by atoms with E-state index < -0.39 is 5.97 Å². The Labute approximate surface area is 144 Å². The van der Waals surface area contributed by atoms with Gasteiger partial charge in [-0.1, -0.05) is 6.92 Å². The maximum Gasteiger partial charge on any atom is 0.340 e. The van der Waals surface area contributed by atoms with Crippen LogP contribution in [0, 0.1) is 6.92 Å². The number of ether oxygens (including phenoxy) is 1. The Morgan fingerprint density at radius 3 is 2.70 bits per heavy atom. The number of hydrogen-bond acceptors (Lipinski definition) is 5. The number of aryl methyl sites for hydroxylation is 2. The molecule has 122 valence electrons. The Kier molecular flexibility index (Phi) is 5.57. The molecule has 5 nitrogen and oxygen atoms in total. The zero-order chi connectivity index (χ0) is 17.0. The summed E-state index contributed by atoms with van der Waals surface area (Å²) in [5.41, 5.74) is 2.12. The highest BCUT2D eigenvalue weighted by Gasteiger charge is 2.17. The topological polar surface area (TPSA) is 70.6 Å². The van der Waals surface area contributed by atoms with Gasteiger partial charge in [0.2, 0.25) is 0 Å². The van der Waals surface area contributed by atoms with E-state index in [0.29, 0.717) is 15.7 Å². The highest BCUT2D eigenvalue weighted by atomic mass is 32.1. The average molecular weight is 350 g/mol. The summed E-state index contributed by atoms with van der Waals surface area (Å²) >= 11 is 6.78. The average Bonchev–Trinajstić information content (AvgIpc) is 2.92. The second-order valence-corrected chi connectivity index (χ2v) is 6.42. The molecule has 1 aromatic heterocycles. The second-order valence-electron chi connectivity index (χ2n) is 4.88. The first-order valence-corrected chi connectivity index (χ1v) is 8.25. The van der Waals surface area contributed by atoms with E-state index in [2.05, 4.69) is 10.6 Å². The Balaban J connectivity index is 2.16. The van der Waals surface area contributed by atoms with Crippen LogP contribution in [0.4, 0.5) is 10.7 Å². The summed E-state index contributed by atoms with van der Waals surface area (Å²) in [7, 11) is 1.35. The van der Waals surface area contributed by atoms with Crippen LogP contribution < -0.4 is 10.6 Å². The van der Waals surface area contributed by atoms with Crippen LogP contribution in [0.1, 0.15) is 27.7 Å². The van der Waals surface area contributed by atoms with Gasteiger partial charge in [0.25, 0.3) is 0 Å². The van der Waals surface area contributed by atoms with Gasteiger partial charge in [-0.15, -0.1) is 11.3 Å². The number of phenols is 1. The summed E-state index contributed by atoms with van der Waals surface area (Å²) in [6, 6.07) is 6.78. The largest absolute Gasteiger partial charge is 0.508 e. The lowest BCUT2D eigenvalue weighted by Crippen LogP contribution is -2.20. The molecule has 3 N–H and O–H groups in total. The first kappa shape index (κ1) is 17.2. The van der Waals surface area contributed by atoms with Crippen LogP contribution in [0.3, 0.4) is 0 Å². The molecular weight excluding hydrogens is 332 g/mol. The van der Waals surface area contributed by atoms with Crippen molar-refractivity contribution in [2.45, 2.75) is 20.3 Å². The molecule has 0 saturated carbocycles. The minimum absolute atomic E-state index is 0.200. The smallest absolute Gasteiger partial charge is 0.340 e. The molecule has 0 fully saturated rings. The molecular formula is C16H18N2O3S2. The molecule has 1 heterocycles. The maximum absolute atomic E-state index is 11.8. The van der Waals surface area contributed by atoms with Crippen molar-refractivity contribution in [1.82, 2.24) is 0 Å². The molecule has 1 aromatic carbocycles. The van der Waals surface area contributed by atoms with E-state index in [9.17, 15) is 9.90 Å². The first-order valence-electron chi connectivity index (χ1n) is 7.03. The van der Waals surface area contributed by atoms with Gasteiger partial charge >= 0.3 is 5.97 Å². The molecule has 0 aliphatic heterocycles. The number of aromatic hydroxyl groups is 1. The fourth-order valence-corrected chi connectivity index (χ4v) is 3.28. The van der Waals surface area contributed by atoms with Gasteiger partial charge in [-0.25, -0.2) is 4.79 Å². The van der Waals surface area contributed by atoms with E-state index in [-0.39, 0.29) is 5.75 Å². The van der Waals surface area contributed by atoms with E-state index in [1.807, 2.05) is 19.9 Å². The number of thiophene rings is 1. The lowest BCUT2D eigenvalue weighted by Gasteiger charge is -2.12. The summed E-state index contributed by atoms with van der Waals surface area (Å²) in [5, 5.41) is 16.6. The van der Waals surface area contributed by atoms with Gasteiger partial charge in [-0.05, 0) is 55.4 Å². The SMILES string of the molecule is CCc1cc(C(=O)OC)c(NC(=S)Nc2ccc(O)cc2C)s1. The highest BCUT2D eigenvalue weighted by molar-refractivity contribution is 7.80. The van der Waals surface area contributed by atoms with E-state index >= 15 is 0 Å². The van der Waals surface area contributed by atoms with Crippen LogP contribution in [0.25, 0.3) is 0 Å². The van der Waals surface area contributed by atoms with Gasteiger partial charge in [-0.3, -0.25) is 0 Å². The van der Waals surface area contributed by atoms with Crippen molar-refractivity contribution in [3.63, 3.8) is 0 Å². The number of thiocarbonyl (C=S) groups is 1. The van der Waals surface area contributed by atoms with Gasteiger partial charge in [0, 0.05) is 10.6 Å². The molecule has 0 amide bonds. The fraction of sp³-hybridized carbons (Fsp3) is 0.250. The number of methoxy groups -OCH3 is 1. The van der Waals surface area contributed by atoms with Crippen molar-refractivity contribution in [2.24, 2.45) is 0 Å². The lowest BCUT2D eigenvalue weighted by molar-refractivity contribution is 0.0602.